The Morgan fingerprint density at radius 3 is 2.88 bits per heavy atom. The van der Waals surface area contributed by atoms with Crippen molar-refractivity contribution in [3.8, 4) is 0 Å². The minimum absolute atomic E-state index is 0.458. The highest BCUT2D eigenvalue weighted by Crippen LogP contribution is 2.07. The molecule has 16 heavy (non-hydrogen) atoms. The molecule has 0 aliphatic carbocycles. The molecular weight excluding hydrogens is 226 g/mol. The van der Waals surface area contributed by atoms with Crippen molar-refractivity contribution in [2.24, 2.45) is 0 Å². The normalized spacial score (nSPS) is 12.6. The Bertz CT molecular complexity index is 338. The van der Waals surface area contributed by atoms with Gasteiger partial charge in [-0.25, -0.2) is 0 Å². The first-order valence-corrected chi connectivity index (χ1v) is 6.53. The topological polar surface area (TPSA) is 62.5 Å². The van der Waals surface area contributed by atoms with Crippen LogP contribution in [0, 0.1) is 6.92 Å². The lowest BCUT2D eigenvalue weighted by Crippen LogP contribution is -2.36. The number of nitrogens with one attached hydrogen (secondary N) is 1. The third-order valence-corrected chi connectivity index (χ3v) is 2.87. The van der Waals surface area contributed by atoms with E-state index in [0.29, 0.717) is 13.0 Å². The maximum absolute atomic E-state index is 10.9. The van der Waals surface area contributed by atoms with E-state index >= 15 is 0 Å². The van der Waals surface area contributed by atoms with Crippen LogP contribution in [0.1, 0.15) is 17.9 Å². The fourth-order valence-corrected chi connectivity index (χ4v) is 1.82. The molecule has 0 aliphatic rings. The Labute approximate surface area is 99.4 Å². The number of carbonyl (C=O) groups is 1. The fourth-order valence-electron chi connectivity index (χ4n) is 1.35. The average molecular weight is 243 g/mol. The van der Waals surface area contributed by atoms with Gasteiger partial charge in [-0.2, -0.15) is 11.8 Å². The molecule has 0 fully saturated rings. The molecule has 0 aliphatic heterocycles. The summed E-state index contributed by atoms with van der Waals surface area (Å²) in [4.78, 5) is 10.9. The smallest absolute Gasteiger partial charge is 0.320 e. The lowest BCUT2D eigenvalue weighted by atomic mass is 10.2. The van der Waals surface area contributed by atoms with Gasteiger partial charge in [0.2, 0.25) is 0 Å². The number of aryl methyl sites for hydroxylation is 1. The van der Waals surface area contributed by atoms with Crippen LogP contribution in [0.25, 0.3) is 0 Å². The quantitative estimate of drug-likeness (QED) is 0.765. The van der Waals surface area contributed by atoms with Crippen LogP contribution in [0.5, 0.6) is 0 Å². The van der Waals surface area contributed by atoms with Crippen molar-refractivity contribution in [3.63, 3.8) is 0 Å². The number of furan rings is 1. The molecule has 1 atom stereocenters. The predicted molar refractivity (Wildman–Crippen MR) is 64.7 cm³/mol. The van der Waals surface area contributed by atoms with Crippen LogP contribution >= 0.6 is 11.8 Å². The van der Waals surface area contributed by atoms with Crippen LogP contribution in [0.3, 0.4) is 0 Å². The van der Waals surface area contributed by atoms with Gasteiger partial charge >= 0.3 is 5.97 Å². The van der Waals surface area contributed by atoms with Crippen LogP contribution in [0.4, 0.5) is 0 Å². The largest absolute Gasteiger partial charge is 0.480 e. The van der Waals surface area contributed by atoms with Gasteiger partial charge in [0.1, 0.15) is 17.6 Å². The summed E-state index contributed by atoms with van der Waals surface area (Å²) in [5.74, 6) is 1.64. The number of thioether (sulfide) groups is 1. The van der Waals surface area contributed by atoms with E-state index in [1.807, 2.05) is 25.3 Å². The minimum atomic E-state index is -0.808. The lowest BCUT2D eigenvalue weighted by Gasteiger charge is -2.12. The number of rotatable bonds is 7. The molecule has 0 bridgehead atoms. The summed E-state index contributed by atoms with van der Waals surface area (Å²) < 4.78 is 5.36. The zero-order chi connectivity index (χ0) is 12.0. The molecule has 1 aromatic rings. The highest BCUT2D eigenvalue weighted by Gasteiger charge is 2.16. The summed E-state index contributed by atoms with van der Waals surface area (Å²) in [5, 5.41) is 12.0. The van der Waals surface area contributed by atoms with E-state index in [2.05, 4.69) is 5.32 Å². The van der Waals surface area contributed by atoms with Gasteiger partial charge in [0.05, 0.1) is 6.54 Å². The molecule has 0 saturated heterocycles. The molecule has 0 radical (unpaired) electrons. The number of carboxylic acids is 1. The van der Waals surface area contributed by atoms with Gasteiger partial charge in [-0.3, -0.25) is 10.1 Å². The third-order valence-electron chi connectivity index (χ3n) is 2.23. The second-order valence-corrected chi connectivity index (χ2v) is 4.55. The highest BCUT2D eigenvalue weighted by molar-refractivity contribution is 7.98. The first-order chi connectivity index (χ1) is 7.63. The van der Waals surface area contributed by atoms with Gasteiger partial charge in [0.15, 0.2) is 0 Å². The summed E-state index contributed by atoms with van der Waals surface area (Å²) >= 11 is 1.65. The van der Waals surface area contributed by atoms with Gasteiger partial charge in [-0.1, -0.05) is 0 Å². The molecule has 5 heteroatoms. The summed E-state index contributed by atoms with van der Waals surface area (Å²) in [6.45, 7) is 2.32. The average Bonchev–Trinajstić information content (AvgIpc) is 2.64. The maximum atomic E-state index is 10.9. The summed E-state index contributed by atoms with van der Waals surface area (Å²) in [6, 6.07) is 3.22. The van der Waals surface area contributed by atoms with Crippen LogP contribution in [-0.4, -0.2) is 29.1 Å². The molecular formula is C11H17NO3S. The summed E-state index contributed by atoms with van der Waals surface area (Å²) in [6.07, 6.45) is 2.59. The zero-order valence-electron chi connectivity index (χ0n) is 9.53. The Hall–Kier alpha value is -0.940. The van der Waals surface area contributed by atoms with E-state index < -0.39 is 12.0 Å². The Morgan fingerprint density at radius 1 is 1.62 bits per heavy atom. The number of hydrogen-bond donors (Lipinski definition) is 2. The van der Waals surface area contributed by atoms with Crippen molar-refractivity contribution in [3.05, 3.63) is 23.7 Å². The number of hydrogen-bond acceptors (Lipinski definition) is 4. The van der Waals surface area contributed by atoms with Crippen LogP contribution in [0.15, 0.2) is 16.5 Å². The van der Waals surface area contributed by atoms with Gasteiger partial charge in [0, 0.05) is 0 Å². The molecule has 0 aromatic carbocycles. The van der Waals surface area contributed by atoms with Crippen molar-refractivity contribution < 1.29 is 14.3 Å². The van der Waals surface area contributed by atoms with Crippen molar-refractivity contribution in [2.75, 3.05) is 12.0 Å². The molecule has 0 amide bonds. The van der Waals surface area contributed by atoms with Crippen molar-refractivity contribution in [1.29, 1.82) is 0 Å². The van der Waals surface area contributed by atoms with Crippen LogP contribution in [-0.2, 0) is 11.3 Å². The minimum Gasteiger partial charge on any atom is -0.480 e. The Kier molecular flexibility index (Phi) is 5.42. The first kappa shape index (κ1) is 13.1. The Balaban J connectivity index is 2.40. The van der Waals surface area contributed by atoms with Gasteiger partial charge in [-0.05, 0) is 37.5 Å². The molecule has 0 spiro atoms. The number of carboxylic acid groups (broad SMARTS) is 1. The molecule has 2 N–H and O–H groups in total. The molecule has 1 rings (SSSR count). The van der Waals surface area contributed by atoms with E-state index in [1.165, 1.54) is 0 Å². The van der Waals surface area contributed by atoms with Gasteiger partial charge in [0.25, 0.3) is 0 Å². The SMILES string of the molecule is CSCCC(NCc1ccc(C)o1)C(=O)O. The maximum Gasteiger partial charge on any atom is 0.320 e. The summed E-state index contributed by atoms with van der Waals surface area (Å²) in [7, 11) is 0. The van der Waals surface area contributed by atoms with E-state index in [-0.39, 0.29) is 0 Å². The lowest BCUT2D eigenvalue weighted by molar-refractivity contribution is -0.139. The first-order valence-electron chi connectivity index (χ1n) is 5.14. The number of aliphatic carboxylic acids is 1. The van der Waals surface area contributed by atoms with E-state index in [0.717, 1.165) is 17.3 Å². The van der Waals surface area contributed by atoms with Crippen molar-refractivity contribution >= 4 is 17.7 Å². The van der Waals surface area contributed by atoms with Crippen molar-refractivity contribution in [2.45, 2.75) is 25.9 Å². The Morgan fingerprint density at radius 2 is 2.38 bits per heavy atom. The van der Waals surface area contributed by atoms with E-state index in [1.54, 1.807) is 11.8 Å². The summed E-state index contributed by atoms with van der Waals surface area (Å²) in [5.41, 5.74) is 0. The fraction of sp³-hybridized carbons (Fsp3) is 0.545. The third kappa shape index (κ3) is 4.28. The van der Waals surface area contributed by atoms with Crippen LogP contribution < -0.4 is 5.32 Å². The van der Waals surface area contributed by atoms with Gasteiger partial charge < -0.3 is 9.52 Å². The second-order valence-electron chi connectivity index (χ2n) is 3.57. The standard InChI is InChI=1S/C11H17NO3S/c1-8-3-4-9(15-8)7-12-10(11(13)14)5-6-16-2/h3-4,10,12H,5-7H2,1-2H3,(H,13,14). The molecule has 4 nitrogen and oxygen atoms in total. The zero-order valence-corrected chi connectivity index (χ0v) is 10.3. The molecule has 1 heterocycles. The van der Waals surface area contributed by atoms with Crippen LogP contribution in [0.2, 0.25) is 0 Å². The molecule has 90 valence electrons. The van der Waals surface area contributed by atoms with Gasteiger partial charge in [-0.15, -0.1) is 0 Å². The predicted octanol–water partition coefficient (Wildman–Crippen LogP) is 1.88. The van der Waals surface area contributed by atoms with Crippen molar-refractivity contribution in [1.82, 2.24) is 5.32 Å². The second kappa shape index (κ2) is 6.60. The van der Waals surface area contributed by atoms with E-state index in [9.17, 15) is 4.79 Å². The molecule has 0 saturated carbocycles. The molecule has 1 aromatic heterocycles. The van der Waals surface area contributed by atoms with E-state index in [4.69, 9.17) is 9.52 Å². The molecule has 1 unspecified atom stereocenters. The highest BCUT2D eigenvalue weighted by atomic mass is 32.2. The monoisotopic (exact) mass is 243 g/mol.